The fourth-order valence-electron chi connectivity index (χ4n) is 3.91. The molecule has 3 rings (SSSR count). The van der Waals surface area contributed by atoms with Gasteiger partial charge in [-0.25, -0.2) is 9.18 Å². The molecular formula is C19H23ClF4N4O2. The van der Waals surface area contributed by atoms with Gasteiger partial charge in [0, 0.05) is 13.1 Å². The summed E-state index contributed by atoms with van der Waals surface area (Å²) in [7, 11) is 0. The second-order valence-corrected chi connectivity index (χ2v) is 8.01. The summed E-state index contributed by atoms with van der Waals surface area (Å²) >= 11 is 5.91. The number of rotatable bonds is 4. The van der Waals surface area contributed by atoms with Gasteiger partial charge in [0.1, 0.15) is 12.4 Å². The molecular weight excluding hydrogens is 428 g/mol. The molecule has 11 heteroatoms. The molecule has 166 valence electrons. The summed E-state index contributed by atoms with van der Waals surface area (Å²) in [4.78, 5) is 27.0. The minimum Gasteiger partial charge on any atom is -0.353 e. The van der Waals surface area contributed by atoms with Crippen molar-refractivity contribution in [3.05, 3.63) is 34.6 Å². The van der Waals surface area contributed by atoms with Gasteiger partial charge in [-0.2, -0.15) is 13.2 Å². The minimum atomic E-state index is -4.26. The van der Waals surface area contributed by atoms with Crippen molar-refractivity contribution in [2.75, 3.05) is 39.3 Å². The number of carbonyl (C=O) groups is 2. The average molecular weight is 451 g/mol. The van der Waals surface area contributed by atoms with Crippen molar-refractivity contribution >= 4 is 23.5 Å². The Kier molecular flexibility index (Phi) is 7.07. The number of piperazine rings is 1. The van der Waals surface area contributed by atoms with Crippen LogP contribution in [-0.2, 0) is 4.79 Å². The molecule has 6 nitrogen and oxygen atoms in total. The van der Waals surface area contributed by atoms with Gasteiger partial charge in [0.05, 0.1) is 17.6 Å². The molecule has 0 aliphatic carbocycles. The number of halogens is 5. The van der Waals surface area contributed by atoms with Crippen LogP contribution < -0.4 is 10.6 Å². The first-order valence-corrected chi connectivity index (χ1v) is 10.1. The van der Waals surface area contributed by atoms with Gasteiger partial charge in [-0.15, -0.1) is 0 Å². The molecule has 0 radical (unpaired) electrons. The van der Waals surface area contributed by atoms with E-state index in [0.717, 1.165) is 0 Å². The highest BCUT2D eigenvalue weighted by Gasteiger charge is 2.35. The summed E-state index contributed by atoms with van der Waals surface area (Å²) in [5, 5.41) is 5.42. The zero-order valence-electron chi connectivity index (χ0n) is 16.1. The van der Waals surface area contributed by atoms with Crippen molar-refractivity contribution in [2.45, 2.75) is 25.1 Å². The molecule has 2 N–H and O–H groups in total. The quantitative estimate of drug-likeness (QED) is 0.693. The van der Waals surface area contributed by atoms with Crippen LogP contribution in [0.4, 0.5) is 22.4 Å². The molecule has 2 aliphatic heterocycles. The van der Waals surface area contributed by atoms with Crippen molar-refractivity contribution < 1.29 is 27.2 Å². The van der Waals surface area contributed by atoms with Crippen LogP contribution in [0, 0.1) is 11.7 Å². The van der Waals surface area contributed by atoms with Crippen LogP contribution in [0.25, 0.3) is 0 Å². The number of amides is 3. The summed E-state index contributed by atoms with van der Waals surface area (Å²) in [5.41, 5.74) is 0.575. The van der Waals surface area contributed by atoms with Gasteiger partial charge < -0.3 is 15.5 Å². The lowest BCUT2D eigenvalue weighted by Crippen LogP contribution is -2.54. The summed E-state index contributed by atoms with van der Waals surface area (Å²) in [6, 6.07) is 3.12. The van der Waals surface area contributed by atoms with E-state index < -0.39 is 30.6 Å². The van der Waals surface area contributed by atoms with E-state index in [0.29, 0.717) is 31.5 Å². The fraction of sp³-hybridized carbons (Fsp3) is 0.579. The first-order chi connectivity index (χ1) is 14.1. The first kappa shape index (κ1) is 22.6. The Bertz CT molecular complexity index is 784. The molecule has 0 unspecified atom stereocenters. The molecule has 0 spiro atoms. The summed E-state index contributed by atoms with van der Waals surface area (Å²) in [5.74, 6) is -1.02. The monoisotopic (exact) mass is 450 g/mol. The Balaban J connectivity index is 1.74. The highest BCUT2D eigenvalue weighted by atomic mass is 35.5. The number of likely N-dealkylation sites (tertiary alicyclic amines) is 1. The van der Waals surface area contributed by atoms with E-state index >= 15 is 0 Å². The standard InChI is InChI=1S/C19H23ClF4N4O2/c20-14-9-13(1-2-15(14)21)17(26-18(30)28-8-5-25-16(29)10-28)12-3-6-27(7-4-12)11-19(22,23)24/h1-2,9,12,17H,3-8,10-11H2,(H,25,29)(H,26,30)/t17-/m0/s1. The number of hydrogen-bond donors (Lipinski definition) is 2. The Labute approximate surface area is 176 Å². The molecule has 1 aromatic carbocycles. The maximum Gasteiger partial charge on any atom is 0.401 e. The summed E-state index contributed by atoms with van der Waals surface area (Å²) < 4.78 is 51.6. The molecule has 1 atom stereocenters. The van der Waals surface area contributed by atoms with Gasteiger partial charge in [-0.1, -0.05) is 17.7 Å². The number of carbonyl (C=O) groups excluding carboxylic acids is 2. The SMILES string of the molecule is O=C1CN(C(=O)N[C@H](c2ccc(F)c(Cl)c2)C2CCN(CC(F)(F)F)CC2)CCN1. The highest BCUT2D eigenvalue weighted by molar-refractivity contribution is 6.30. The summed E-state index contributed by atoms with van der Waals surface area (Å²) in [6.45, 7) is 0.109. The fourth-order valence-corrected chi connectivity index (χ4v) is 4.10. The Morgan fingerprint density at radius 1 is 1.27 bits per heavy atom. The summed E-state index contributed by atoms with van der Waals surface area (Å²) in [6.07, 6.45) is -3.41. The second kappa shape index (κ2) is 9.38. The zero-order valence-corrected chi connectivity index (χ0v) is 16.9. The van der Waals surface area contributed by atoms with Crippen LogP contribution in [0.5, 0.6) is 0 Å². The Morgan fingerprint density at radius 2 is 1.97 bits per heavy atom. The third kappa shape index (κ3) is 5.98. The smallest absolute Gasteiger partial charge is 0.353 e. The molecule has 1 aromatic rings. The van der Waals surface area contributed by atoms with Gasteiger partial charge in [0.15, 0.2) is 0 Å². The molecule has 2 fully saturated rings. The zero-order chi connectivity index (χ0) is 21.9. The lowest BCUT2D eigenvalue weighted by atomic mass is 9.85. The van der Waals surface area contributed by atoms with Crippen LogP contribution in [0.2, 0.25) is 5.02 Å². The molecule has 2 saturated heterocycles. The van der Waals surface area contributed by atoms with Gasteiger partial charge in [-0.3, -0.25) is 9.69 Å². The van der Waals surface area contributed by atoms with Crippen molar-refractivity contribution in [1.82, 2.24) is 20.4 Å². The number of hydrogen-bond acceptors (Lipinski definition) is 3. The van der Waals surface area contributed by atoms with Crippen LogP contribution >= 0.6 is 11.6 Å². The van der Waals surface area contributed by atoms with E-state index in [1.54, 1.807) is 0 Å². The topological polar surface area (TPSA) is 64.7 Å². The molecule has 0 bridgehead atoms. The van der Waals surface area contributed by atoms with Gasteiger partial charge in [-0.05, 0) is 49.5 Å². The maximum atomic E-state index is 13.6. The lowest BCUT2D eigenvalue weighted by molar-refractivity contribution is -0.148. The molecule has 30 heavy (non-hydrogen) atoms. The third-order valence-electron chi connectivity index (χ3n) is 5.41. The van der Waals surface area contributed by atoms with Crippen LogP contribution in [-0.4, -0.2) is 67.2 Å². The highest BCUT2D eigenvalue weighted by Crippen LogP contribution is 2.33. The van der Waals surface area contributed by atoms with Gasteiger partial charge in [0.25, 0.3) is 0 Å². The first-order valence-electron chi connectivity index (χ1n) is 9.68. The van der Waals surface area contributed by atoms with E-state index in [9.17, 15) is 27.2 Å². The average Bonchev–Trinajstić information content (AvgIpc) is 2.68. The van der Waals surface area contributed by atoms with E-state index in [4.69, 9.17) is 11.6 Å². The second-order valence-electron chi connectivity index (χ2n) is 7.60. The molecule has 2 heterocycles. The number of benzene rings is 1. The van der Waals surface area contributed by atoms with Crippen molar-refractivity contribution in [1.29, 1.82) is 0 Å². The van der Waals surface area contributed by atoms with Gasteiger partial charge in [0.2, 0.25) is 5.91 Å². The Morgan fingerprint density at radius 3 is 2.57 bits per heavy atom. The number of nitrogens with zero attached hydrogens (tertiary/aromatic N) is 2. The molecule has 0 aromatic heterocycles. The van der Waals surface area contributed by atoms with Crippen LogP contribution in [0.15, 0.2) is 18.2 Å². The Hall–Kier alpha value is -2.07. The number of urea groups is 1. The minimum absolute atomic E-state index is 0.0766. The van der Waals surface area contributed by atoms with Crippen molar-refractivity contribution in [3.8, 4) is 0 Å². The normalized spacial score (nSPS) is 20.0. The predicted molar refractivity (Wildman–Crippen MR) is 102 cm³/mol. The lowest BCUT2D eigenvalue weighted by Gasteiger charge is -2.38. The molecule has 2 aliphatic rings. The van der Waals surface area contributed by atoms with Gasteiger partial charge >= 0.3 is 12.2 Å². The van der Waals surface area contributed by atoms with E-state index in [1.807, 2.05) is 0 Å². The molecule has 3 amide bonds. The van der Waals surface area contributed by atoms with Crippen LogP contribution in [0.3, 0.4) is 0 Å². The maximum absolute atomic E-state index is 13.6. The largest absolute Gasteiger partial charge is 0.401 e. The number of alkyl halides is 3. The van der Waals surface area contributed by atoms with E-state index in [-0.39, 0.29) is 36.5 Å². The third-order valence-corrected chi connectivity index (χ3v) is 5.70. The van der Waals surface area contributed by atoms with Crippen molar-refractivity contribution in [3.63, 3.8) is 0 Å². The number of piperidine rings is 1. The van der Waals surface area contributed by atoms with Crippen molar-refractivity contribution in [2.24, 2.45) is 5.92 Å². The number of nitrogens with one attached hydrogen (secondary N) is 2. The van der Waals surface area contributed by atoms with E-state index in [1.165, 1.54) is 28.0 Å². The van der Waals surface area contributed by atoms with Crippen LogP contribution in [0.1, 0.15) is 24.4 Å². The predicted octanol–water partition coefficient (Wildman–Crippen LogP) is 2.94. The molecule has 0 saturated carbocycles. The van der Waals surface area contributed by atoms with E-state index in [2.05, 4.69) is 10.6 Å².